The summed E-state index contributed by atoms with van der Waals surface area (Å²) in [6.07, 6.45) is 0. The Balaban J connectivity index is 2.23. The number of aromatic carboxylic acids is 1. The van der Waals surface area contributed by atoms with Crippen molar-refractivity contribution in [2.24, 2.45) is 0 Å². The molecule has 1 aromatic heterocycles. The first-order valence-corrected chi connectivity index (χ1v) is 6.41. The van der Waals surface area contributed by atoms with Gasteiger partial charge in [0.15, 0.2) is 5.69 Å². The van der Waals surface area contributed by atoms with Crippen LogP contribution in [0.4, 0.5) is 5.69 Å². The second-order valence-corrected chi connectivity index (χ2v) is 5.17. The zero-order chi connectivity index (χ0) is 14.0. The number of carboxylic acids is 1. The molecule has 2 rings (SSSR count). The first kappa shape index (κ1) is 13.5. The largest absolute Gasteiger partial charge is 0.478 e. The van der Waals surface area contributed by atoms with Gasteiger partial charge in [-0.15, -0.1) is 0 Å². The molecule has 0 bridgehead atoms. The highest BCUT2D eigenvalue weighted by atomic mass is 127. The van der Waals surface area contributed by atoms with E-state index in [1.165, 1.54) is 12.1 Å². The number of anilines is 1. The van der Waals surface area contributed by atoms with E-state index < -0.39 is 5.97 Å². The molecule has 1 aromatic carbocycles. The molecule has 1 amide bonds. The number of H-pyrrole nitrogens is 1. The number of carboxylic acid groups (broad SMARTS) is 1. The van der Waals surface area contributed by atoms with Crippen LogP contribution in [0, 0.1) is 10.5 Å². The van der Waals surface area contributed by atoms with Crippen LogP contribution in [-0.2, 0) is 0 Å². The molecule has 0 aliphatic heterocycles. The molecule has 19 heavy (non-hydrogen) atoms. The smallest absolute Gasteiger partial charge is 0.335 e. The number of hydrogen-bond donors (Lipinski definition) is 3. The molecular weight excluding hydrogens is 361 g/mol. The van der Waals surface area contributed by atoms with Crippen LogP contribution >= 0.6 is 22.6 Å². The number of nitrogens with zero attached hydrogens (tertiary/aromatic N) is 1. The molecular formula is C12H10IN3O3. The van der Waals surface area contributed by atoms with Crippen LogP contribution in [0.15, 0.2) is 24.3 Å². The fourth-order valence-corrected chi connectivity index (χ4v) is 2.19. The van der Waals surface area contributed by atoms with E-state index in [9.17, 15) is 9.59 Å². The van der Waals surface area contributed by atoms with Gasteiger partial charge in [-0.1, -0.05) is 0 Å². The Bertz CT molecular complexity index is 651. The Kier molecular flexibility index (Phi) is 3.84. The molecule has 0 atom stereocenters. The Labute approximate surface area is 122 Å². The molecule has 0 spiro atoms. The number of benzene rings is 1. The molecule has 1 heterocycles. The zero-order valence-electron chi connectivity index (χ0n) is 9.90. The van der Waals surface area contributed by atoms with Crippen molar-refractivity contribution in [2.75, 3.05) is 5.32 Å². The maximum Gasteiger partial charge on any atom is 0.335 e. The fourth-order valence-electron chi connectivity index (χ4n) is 1.51. The molecule has 0 saturated heterocycles. The first-order chi connectivity index (χ1) is 8.95. The summed E-state index contributed by atoms with van der Waals surface area (Å²) in [4.78, 5) is 22.8. The average molecular weight is 371 g/mol. The third kappa shape index (κ3) is 3.31. The number of carbonyl (C=O) groups excluding carboxylic acids is 1. The van der Waals surface area contributed by atoms with Gasteiger partial charge in [0.05, 0.1) is 5.56 Å². The van der Waals surface area contributed by atoms with Crippen LogP contribution in [-0.4, -0.2) is 27.2 Å². The second kappa shape index (κ2) is 5.39. The van der Waals surface area contributed by atoms with Crippen molar-refractivity contribution in [1.29, 1.82) is 0 Å². The molecule has 6 nitrogen and oxygen atoms in total. The molecule has 0 radical (unpaired) electrons. The van der Waals surface area contributed by atoms with Gasteiger partial charge in [0, 0.05) is 15.0 Å². The van der Waals surface area contributed by atoms with Gasteiger partial charge in [-0.3, -0.25) is 9.89 Å². The summed E-state index contributed by atoms with van der Waals surface area (Å²) in [6, 6.07) is 6.23. The highest BCUT2D eigenvalue weighted by molar-refractivity contribution is 14.1. The lowest BCUT2D eigenvalue weighted by atomic mass is 10.2. The van der Waals surface area contributed by atoms with Crippen molar-refractivity contribution in [3.05, 3.63) is 44.8 Å². The van der Waals surface area contributed by atoms with Gasteiger partial charge in [-0.25, -0.2) is 4.79 Å². The summed E-state index contributed by atoms with van der Waals surface area (Å²) in [7, 11) is 0. The predicted molar refractivity (Wildman–Crippen MR) is 77.4 cm³/mol. The van der Waals surface area contributed by atoms with E-state index in [4.69, 9.17) is 5.11 Å². The van der Waals surface area contributed by atoms with Crippen LogP contribution in [0.25, 0.3) is 0 Å². The summed E-state index contributed by atoms with van der Waals surface area (Å²) in [5.74, 6) is -1.42. The minimum atomic E-state index is -1.04. The van der Waals surface area contributed by atoms with E-state index in [0.717, 1.165) is 9.26 Å². The van der Waals surface area contributed by atoms with Crippen molar-refractivity contribution in [2.45, 2.75) is 6.92 Å². The molecule has 0 saturated carbocycles. The molecule has 98 valence electrons. The molecule has 7 heteroatoms. The highest BCUT2D eigenvalue weighted by Gasteiger charge is 2.12. The number of hydrogen-bond acceptors (Lipinski definition) is 3. The topological polar surface area (TPSA) is 95.1 Å². The monoisotopic (exact) mass is 371 g/mol. The zero-order valence-corrected chi connectivity index (χ0v) is 12.1. The SMILES string of the molecule is Cc1cc(C(=O)Nc2cc(I)cc(C(=O)O)c2)n[nH]1. The summed E-state index contributed by atoms with van der Waals surface area (Å²) < 4.78 is 0.728. The fraction of sp³-hybridized carbons (Fsp3) is 0.0833. The third-order valence-electron chi connectivity index (χ3n) is 2.34. The standard InChI is InChI=1S/C12H10IN3O3/c1-6-2-10(16-15-6)11(17)14-9-4-7(12(18)19)3-8(13)5-9/h2-5H,1H3,(H,14,17)(H,15,16)(H,18,19). The molecule has 0 aliphatic carbocycles. The first-order valence-electron chi connectivity index (χ1n) is 5.33. The van der Waals surface area contributed by atoms with Crippen LogP contribution in [0.1, 0.15) is 26.5 Å². The van der Waals surface area contributed by atoms with Crippen LogP contribution in [0.3, 0.4) is 0 Å². The van der Waals surface area contributed by atoms with E-state index in [0.29, 0.717) is 5.69 Å². The summed E-state index contributed by atoms with van der Waals surface area (Å²) in [5, 5.41) is 18.1. The van der Waals surface area contributed by atoms with Gasteiger partial charge in [0.25, 0.3) is 5.91 Å². The molecule has 0 aliphatic rings. The number of amides is 1. The van der Waals surface area contributed by atoms with Crippen LogP contribution < -0.4 is 5.32 Å². The Morgan fingerprint density at radius 2 is 2.05 bits per heavy atom. The molecule has 0 fully saturated rings. The molecule has 0 unspecified atom stereocenters. The van der Waals surface area contributed by atoms with Crippen molar-refractivity contribution >= 4 is 40.2 Å². The Morgan fingerprint density at radius 3 is 2.63 bits per heavy atom. The second-order valence-electron chi connectivity index (χ2n) is 3.92. The van der Waals surface area contributed by atoms with Crippen molar-refractivity contribution in [3.63, 3.8) is 0 Å². The summed E-state index contributed by atoms with van der Waals surface area (Å²) in [5.41, 5.74) is 1.59. The van der Waals surface area contributed by atoms with Crippen molar-refractivity contribution in [3.8, 4) is 0 Å². The molecule has 2 aromatic rings. The number of nitrogens with one attached hydrogen (secondary N) is 2. The maximum absolute atomic E-state index is 11.9. The summed E-state index contributed by atoms with van der Waals surface area (Å²) in [6.45, 7) is 1.79. The number of aromatic amines is 1. The quantitative estimate of drug-likeness (QED) is 0.722. The van der Waals surface area contributed by atoms with E-state index in [1.807, 2.05) is 22.6 Å². The van der Waals surface area contributed by atoms with Crippen molar-refractivity contribution in [1.82, 2.24) is 10.2 Å². The van der Waals surface area contributed by atoms with Gasteiger partial charge in [-0.2, -0.15) is 5.10 Å². The Hall–Kier alpha value is -1.90. The number of rotatable bonds is 3. The Morgan fingerprint density at radius 1 is 1.32 bits per heavy atom. The van der Waals surface area contributed by atoms with E-state index in [2.05, 4.69) is 15.5 Å². The highest BCUT2D eigenvalue weighted by Crippen LogP contribution is 2.17. The lowest BCUT2D eigenvalue weighted by Gasteiger charge is -2.05. The van der Waals surface area contributed by atoms with Crippen LogP contribution in [0.5, 0.6) is 0 Å². The summed E-state index contributed by atoms with van der Waals surface area (Å²) >= 11 is 1.99. The van der Waals surface area contributed by atoms with Gasteiger partial charge < -0.3 is 10.4 Å². The van der Waals surface area contributed by atoms with Gasteiger partial charge in [0.1, 0.15) is 0 Å². The lowest BCUT2D eigenvalue weighted by molar-refractivity contribution is 0.0696. The lowest BCUT2D eigenvalue weighted by Crippen LogP contribution is -2.13. The predicted octanol–water partition coefficient (Wildman–Crippen LogP) is 2.27. The average Bonchev–Trinajstić information content (AvgIpc) is 2.75. The number of aromatic nitrogens is 2. The van der Waals surface area contributed by atoms with Crippen molar-refractivity contribution < 1.29 is 14.7 Å². The molecule has 3 N–H and O–H groups in total. The van der Waals surface area contributed by atoms with Gasteiger partial charge in [0.2, 0.25) is 0 Å². The normalized spacial score (nSPS) is 10.2. The minimum absolute atomic E-state index is 0.125. The number of aryl methyl sites for hydroxylation is 1. The number of carbonyl (C=O) groups is 2. The van der Waals surface area contributed by atoms with E-state index in [1.54, 1.807) is 19.1 Å². The maximum atomic E-state index is 11.9. The van der Waals surface area contributed by atoms with Crippen LogP contribution in [0.2, 0.25) is 0 Å². The van der Waals surface area contributed by atoms with E-state index >= 15 is 0 Å². The van der Waals surface area contributed by atoms with E-state index in [-0.39, 0.29) is 17.2 Å². The minimum Gasteiger partial charge on any atom is -0.478 e. The van der Waals surface area contributed by atoms with Gasteiger partial charge >= 0.3 is 5.97 Å². The number of halogens is 1. The van der Waals surface area contributed by atoms with Gasteiger partial charge in [-0.05, 0) is 53.8 Å². The third-order valence-corrected chi connectivity index (χ3v) is 2.96.